The first-order chi connectivity index (χ1) is 14.9. The molecule has 3 aliphatic heterocycles. The van der Waals surface area contributed by atoms with Crippen molar-refractivity contribution in [2.45, 2.75) is 43.6 Å². The first-order valence-corrected chi connectivity index (χ1v) is 10.6. The molecule has 8 heteroatoms. The number of nitrogens with zero attached hydrogens (tertiary/aromatic N) is 4. The summed E-state index contributed by atoms with van der Waals surface area (Å²) < 4.78 is 14.9. The predicted octanol–water partition coefficient (Wildman–Crippen LogP) is 2.37. The minimum Gasteiger partial charge on any atom is -0.507 e. The Bertz CT molecular complexity index is 1040. The lowest BCUT2D eigenvalue weighted by atomic mass is 9.96. The van der Waals surface area contributed by atoms with Gasteiger partial charge in [0.15, 0.2) is 0 Å². The second-order valence-electron chi connectivity index (χ2n) is 8.76. The van der Waals surface area contributed by atoms with Crippen molar-refractivity contribution in [3.05, 3.63) is 42.2 Å². The van der Waals surface area contributed by atoms with Gasteiger partial charge in [-0.3, -0.25) is 9.78 Å². The monoisotopic (exact) mass is 423 g/mol. The summed E-state index contributed by atoms with van der Waals surface area (Å²) in [6, 6.07) is 5.38. The number of anilines is 1. The molecule has 7 nitrogen and oxygen atoms in total. The topological polar surface area (TPSA) is 81.6 Å². The number of aromatic nitrogens is 2. The number of phenols is 1. The van der Waals surface area contributed by atoms with Crippen LogP contribution in [0.15, 0.2) is 36.7 Å². The van der Waals surface area contributed by atoms with Crippen LogP contribution in [0.4, 0.5) is 10.2 Å². The van der Waals surface area contributed by atoms with Crippen LogP contribution >= 0.6 is 0 Å². The number of hydrogen-bond donors (Lipinski definition) is 2. The fraction of sp³-hybridized carbons (Fsp3) is 0.435. The summed E-state index contributed by atoms with van der Waals surface area (Å²) in [4.78, 5) is 24.2. The molecular formula is C23H26FN5O2. The highest BCUT2D eigenvalue weighted by Gasteiger charge is 2.43. The highest BCUT2D eigenvalue weighted by atomic mass is 19.1. The van der Waals surface area contributed by atoms with E-state index < -0.39 is 6.17 Å². The van der Waals surface area contributed by atoms with Crippen LogP contribution in [0.5, 0.6) is 5.75 Å². The van der Waals surface area contributed by atoms with Gasteiger partial charge < -0.3 is 20.2 Å². The third kappa shape index (κ3) is 3.54. The summed E-state index contributed by atoms with van der Waals surface area (Å²) in [5, 5.41) is 13.9. The number of aromatic hydroxyl groups is 1. The fourth-order valence-corrected chi connectivity index (χ4v) is 4.92. The lowest BCUT2D eigenvalue weighted by molar-refractivity contribution is -0.123. The van der Waals surface area contributed by atoms with Gasteiger partial charge in [-0.15, -0.1) is 0 Å². The smallest absolute Gasteiger partial charge is 0.246 e. The van der Waals surface area contributed by atoms with Crippen LogP contribution < -0.4 is 10.2 Å². The van der Waals surface area contributed by atoms with Crippen molar-refractivity contribution in [1.29, 1.82) is 0 Å². The highest BCUT2D eigenvalue weighted by molar-refractivity contribution is 6.00. The second kappa shape index (κ2) is 7.60. The summed E-state index contributed by atoms with van der Waals surface area (Å²) in [6.07, 6.45) is 6.56. The van der Waals surface area contributed by atoms with Gasteiger partial charge in [0.1, 0.15) is 17.7 Å². The maximum atomic E-state index is 14.9. The first kappa shape index (κ1) is 19.9. The molecule has 3 aliphatic rings. The Hall–Kier alpha value is -3.00. The summed E-state index contributed by atoms with van der Waals surface area (Å²) >= 11 is 0. The fourth-order valence-electron chi connectivity index (χ4n) is 4.92. The van der Waals surface area contributed by atoms with Crippen molar-refractivity contribution < 1.29 is 14.3 Å². The molecule has 2 aromatic rings. The van der Waals surface area contributed by atoms with E-state index in [0.29, 0.717) is 29.7 Å². The number of halogens is 1. The summed E-state index contributed by atoms with van der Waals surface area (Å²) in [7, 11) is 3.61. The molecule has 2 N–H and O–H groups in total. The van der Waals surface area contributed by atoms with E-state index in [1.807, 2.05) is 18.0 Å². The molecule has 4 atom stereocenters. The third-order valence-corrected chi connectivity index (χ3v) is 6.78. The quantitative estimate of drug-likeness (QED) is 0.786. The maximum absolute atomic E-state index is 14.9. The molecule has 2 bridgehead atoms. The first-order valence-electron chi connectivity index (χ1n) is 10.6. The molecule has 5 rings (SSSR count). The molecule has 0 saturated carbocycles. The molecule has 2 fully saturated rings. The zero-order valence-corrected chi connectivity index (χ0v) is 17.6. The number of alkyl halides is 1. The van der Waals surface area contributed by atoms with Crippen molar-refractivity contribution in [3.63, 3.8) is 0 Å². The van der Waals surface area contributed by atoms with Crippen molar-refractivity contribution in [2.24, 2.45) is 0 Å². The van der Waals surface area contributed by atoms with Crippen LogP contribution in [-0.2, 0) is 4.79 Å². The van der Waals surface area contributed by atoms with Gasteiger partial charge in [0.25, 0.3) is 0 Å². The van der Waals surface area contributed by atoms with E-state index in [9.17, 15) is 14.3 Å². The van der Waals surface area contributed by atoms with Crippen molar-refractivity contribution in [3.8, 4) is 17.0 Å². The van der Waals surface area contributed by atoms with Gasteiger partial charge in [-0.1, -0.05) is 6.07 Å². The van der Waals surface area contributed by atoms with Crippen LogP contribution in [-0.4, -0.2) is 70.8 Å². The van der Waals surface area contributed by atoms with Gasteiger partial charge >= 0.3 is 0 Å². The van der Waals surface area contributed by atoms with Crippen LogP contribution in [0, 0.1) is 0 Å². The largest absolute Gasteiger partial charge is 0.507 e. The molecule has 1 amide bonds. The average molecular weight is 423 g/mol. The van der Waals surface area contributed by atoms with Crippen molar-refractivity contribution in [2.75, 3.05) is 25.5 Å². The predicted molar refractivity (Wildman–Crippen MR) is 116 cm³/mol. The Morgan fingerprint density at radius 3 is 2.77 bits per heavy atom. The van der Waals surface area contributed by atoms with Gasteiger partial charge in [-0.2, -0.15) is 0 Å². The van der Waals surface area contributed by atoms with Gasteiger partial charge in [-0.05, 0) is 42.5 Å². The van der Waals surface area contributed by atoms with E-state index in [1.165, 1.54) is 0 Å². The molecule has 1 aromatic heterocycles. The number of carbonyl (C=O) groups is 1. The second-order valence-corrected chi connectivity index (χ2v) is 8.76. The molecule has 4 heterocycles. The summed E-state index contributed by atoms with van der Waals surface area (Å²) in [6.45, 7) is 0.520. The number of hydrogen-bond acceptors (Lipinski definition) is 6. The number of nitrogens with one attached hydrogen (secondary N) is 1. The van der Waals surface area contributed by atoms with E-state index in [-0.39, 0.29) is 23.7 Å². The highest BCUT2D eigenvalue weighted by Crippen LogP contribution is 2.34. The Morgan fingerprint density at radius 2 is 2.10 bits per heavy atom. The third-order valence-electron chi connectivity index (χ3n) is 6.78. The molecule has 0 unspecified atom stereocenters. The Morgan fingerprint density at radius 1 is 1.26 bits per heavy atom. The number of rotatable bonds is 4. The lowest BCUT2D eigenvalue weighted by Crippen LogP contribution is -2.55. The number of carbonyl (C=O) groups excluding carboxylic acids is 1. The minimum atomic E-state index is -0.933. The van der Waals surface area contributed by atoms with Crippen molar-refractivity contribution >= 4 is 17.3 Å². The SMILES string of the molecule is CN1CC(c2ccc(-c3cnc(N(C)[C@H]4C[C@@H]5CC[C@@H](N5)[C@H]4F)cn3)c(O)c2)=CC1=O. The Kier molecular flexibility index (Phi) is 4.89. The maximum Gasteiger partial charge on any atom is 0.246 e. The number of amides is 1. The molecule has 1 aromatic carbocycles. The molecule has 0 spiro atoms. The lowest BCUT2D eigenvalue weighted by Gasteiger charge is -2.38. The molecule has 31 heavy (non-hydrogen) atoms. The molecule has 0 radical (unpaired) electrons. The van der Waals surface area contributed by atoms with Crippen LogP contribution in [0.25, 0.3) is 16.8 Å². The standard InChI is InChI=1S/C23H26FN5O2/c1-28-12-14(8-22(28)31)13-3-5-16(20(30)7-13)18-10-26-21(11-25-18)29(2)19-9-15-4-6-17(27-15)23(19)24/h3,5,7-8,10-11,15,17,19,23,27,30H,4,6,9,12H2,1-2H3/t15-,17+,19-,23+/m0/s1. The van der Waals surface area contributed by atoms with Crippen LogP contribution in [0.1, 0.15) is 24.8 Å². The van der Waals surface area contributed by atoms with E-state index in [4.69, 9.17) is 0 Å². The number of phenolic OH excluding ortho intramolecular Hbond substituents is 1. The van der Waals surface area contributed by atoms with Gasteiger partial charge in [0.05, 0.1) is 24.1 Å². The number of likely N-dealkylation sites (N-methyl/N-ethyl adjacent to an activating group) is 1. The molecule has 2 saturated heterocycles. The number of benzene rings is 1. The van der Waals surface area contributed by atoms with Gasteiger partial charge in [-0.25, -0.2) is 9.37 Å². The van der Waals surface area contributed by atoms with Crippen LogP contribution in [0.3, 0.4) is 0 Å². The molecule has 162 valence electrons. The van der Waals surface area contributed by atoms with Crippen LogP contribution in [0.2, 0.25) is 0 Å². The van der Waals surface area contributed by atoms with E-state index >= 15 is 0 Å². The Balaban J connectivity index is 1.34. The van der Waals surface area contributed by atoms with Gasteiger partial charge in [0.2, 0.25) is 5.91 Å². The summed E-state index contributed by atoms with van der Waals surface area (Å²) in [5.41, 5.74) is 2.77. The molecule has 0 aliphatic carbocycles. The zero-order chi connectivity index (χ0) is 21.7. The Labute approximate surface area is 180 Å². The van der Waals surface area contributed by atoms with Crippen molar-refractivity contribution in [1.82, 2.24) is 20.2 Å². The van der Waals surface area contributed by atoms with E-state index in [0.717, 1.165) is 30.4 Å². The zero-order valence-electron chi connectivity index (χ0n) is 17.6. The van der Waals surface area contributed by atoms with E-state index in [2.05, 4.69) is 15.3 Å². The average Bonchev–Trinajstić information content (AvgIpc) is 3.34. The molecular weight excluding hydrogens is 397 g/mol. The minimum absolute atomic E-state index is 0.0404. The normalized spacial score (nSPS) is 27.5. The van der Waals surface area contributed by atoms with E-state index in [1.54, 1.807) is 42.6 Å². The van der Waals surface area contributed by atoms with Gasteiger partial charge in [0, 0.05) is 44.4 Å². The number of piperidine rings is 1. The summed E-state index contributed by atoms with van der Waals surface area (Å²) in [5.74, 6) is 0.655. The number of fused-ring (bicyclic) bond motifs is 2.